The summed E-state index contributed by atoms with van der Waals surface area (Å²) in [5.74, 6) is 2.46. The summed E-state index contributed by atoms with van der Waals surface area (Å²) in [6, 6.07) is 5.72. The van der Waals surface area contributed by atoms with Gasteiger partial charge in [-0.05, 0) is 31.0 Å². The third-order valence-corrected chi connectivity index (χ3v) is 3.25. The number of hydrogen-bond donors (Lipinski definition) is 0. The van der Waals surface area contributed by atoms with Gasteiger partial charge in [0.25, 0.3) is 5.89 Å². The standard InChI is InChI=1S/C12H11BrN2O2/c1-16-10-6-8(13)4-5-9(10)12-15-14-11(17-12)7-2-3-7/h4-7H,2-3H2,1H3. The van der Waals surface area contributed by atoms with Crippen molar-refractivity contribution in [2.24, 2.45) is 0 Å². The summed E-state index contributed by atoms with van der Waals surface area (Å²) in [5.41, 5.74) is 0.829. The van der Waals surface area contributed by atoms with Gasteiger partial charge in [0.15, 0.2) is 0 Å². The van der Waals surface area contributed by atoms with E-state index >= 15 is 0 Å². The molecule has 2 aromatic rings. The highest BCUT2D eigenvalue weighted by Crippen LogP contribution is 2.41. The highest BCUT2D eigenvalue weighted by molar-refractivity contribution is 9.10. The highest BCUT2D eigenvalue weighted by Gasteiger charge is 2.29. The van der Waals surface area contributed by atoms with Gasteiger partial charge in [-0.25, -0.2) is 0 Å². The highest BCUT2D eigenvalue weighted by atomic mass is 79.9. The van der Waals surface area contributed by atoms with Crippen LogP contribution in [0.15, 0.2) is 27.1 Å². The molecule has 88 valence electrons. The van der Waals surface area contributed by atoms with Gasteiger partial charge in [0.05, 0.1) is 12.7 Å². The van der Waals surface area contributed by atoms with E-state index in [1.807, 2.05) is 18.2 Å². The summed E-state index contributed by atoms with van der Waals surface area (Å²) in [4.78, 5) is 0. The van der Waals surface area contributed by atoms with Crippen molar-refractivity contribution in [2.45, 2.75) is 18.8 Å². The molecule has 1 aromatic carbocycles. The van der Waals surface area contributed by atoms with Crippen LogP contribution in [0.2, 0.25) is 0 Å². The molecule has 0 spiro atoms. The number of halogens is 1. The topological polar surface area (TPSA) is 48.2 Å². The molecule has 1 aliphatic carbocycles. The van der Waals surface area contributed by atoms with Crippen molar-refractivity contribution in [3.8, 4) is 17.2 Å². The molecule has 1 fully saturated rings. The summed E-state index contributed by atoms with van der Waals surface area (Å²) in [6.45, 7) is 0. The molecule has 4 nitrogen and oxygen atoms in total. The first-order valence-corrected chi connectivity index (χ1v) is 6.24. The van der Waals surface area contributed by atoms with Crippen LogP contribution in [0, 0.1) is 0 Å². The van der Waals surface area contributed by atoms with Gasteiger partial charge in [0.2, 0.25) is 5.89 Å². The zero-order chi connectivity index (χ0) is 11.8. The molecule has 0 radical (unpaired) electrons. The number of benzene rings is 1. The molecule has 1 aromatic heterocycles. The molecular formula is C12H11BrN2O2. The summed E-state index contributed by atoms with van der Waals surface area (Å²) in [7, 11) is 1.63. The predicted octanol–water partition coefficient (Wildman–Crippen LogP) is 3.39. The Morgan fingerprint density at radius 3 is 2.88 bits per heavy atom. The van der Waals surface area contributed by atoms with Gasteiger partial charge in [-0.1, -0.05) is 15.9 Å². The monoisotopic (exact) mass is 294 g/mol. The third-order valence-electron chi connectivity index (χ3n) is 2.76. The van der Waals surface area contributed by atoms with Crippen LogP contribution in [0.3, 0.4) is 0 Å². The van der Waals surface area contributed by atoms with Crippen molar-refractivity contribution in [3.63, 3.8) is 0 Å². The van der Waals surface area contributed by atoms with Crippen molar-refractivity contribution in [2.75, 3.05) is 7.11 Å². The molecule has 1 heterocycles. The van der Waals surface area contributed by atoms with Gasteiger partial charge in [0, 0.05) is 10.4 Å². The Bertz CT molecular complexity index is 549. The van der Waals surface area contributed by atoms with E-state index in [0.29, 0.717) is 11.8 Å². The van der Waals surface area contributed by atoms with E-state index in [1.54, 1.807) is 7.11 Å². The van der Waals surface area contributed by atoms with Crippen molar-refractivity contribution < 1.29 is 9.15 Å². The maximum absolute atomic E-state index is 5.66. The molecule has 17 heavy (non-hydrogen) atoms. The fourth-order valence-corrected chi connectivity index (χ4v) is 2.02. The minimum atomic E-state index is 0.470. The number of ether oxygens (including phenoxy) is 1. The van der Waals surface area contributed by atoms with Gasteiger partial charge >= 0.3 is 0 Å². The molecule has 0 amide bonds. The smallest absolute Gasteiger partial charge is 0.251 e. The summed E-state index contributed by atoms with van der Waals surface area (Å²) < 4.78 is 11.9. The molecule has 0 unspecified atom stereocenters. The van der Waals surface area contributed by atoms with Crippen molar-refractivity contribution in [1.29, 1.82) is 0 Å². The van der Waals surface area contributed by atoms with E-state index in [0.717, 1.165) is 34.5 Å². The lowest BCUT2D eigenvalue weighted by atomic mass is 10.2. The Hall–Kier alpha value is -1.36. The number of nitrogens with zero attached hydrogens (tertiary/aromatic N) is 2. The quantitative estimate of drug-likeness (QED) is 0.871. The van der Waals surface area contributed by atoms with Crippen molar-refractivity contribution >= 4 is 15.9 Å². The average Bonchev–Trinajstić information content (AvgIpc) is 3.08. The van der Waals surface area contributed by atoms with E-state index in [1.165, 1.54) is 0 Å². The largest absolute Gasteiger partial charge is 0.496 e. The first kappa shape index (κ1) is 10.8. The molecule has 5 heteroatoms. The fourth-order valence-electron chi connectivity index (χ4n) is 1.68. The molecule has 0 aliphatic heterocycles. The molecule has 1 aliphatic rings. The van der Waals surface area contributed by atoms with E-state index in [2.05, 4.69) is 26.1 Å². The van der Waals surface area contributed by atoms with E-state index in [-0.39, 0.29) is 0 Å². The predicted molar refractivity (Wildman–Crippen MR) is 66.0 cm³/mol. The first-order chi connectivity index (χ1) is 8.28. The lowest BCUT2D eigenvalue weighted by Crippen LogP contribution is -1.88. The minimum absolute atomic E-state index is 0.470. The lowest BCUT2D eigenvalue weighted by molar-refractivity contribution is 0.413. The van der Waals surface area contributed by atoms with Crippen LogP contribution in [0.25, 0.3) is 11.5 Å². The SMILES string of the molecule is COc1cc(Br)ccc1-c1nnc(C2CC2)o1. The Labute approximate surface area is 107 Å². The molecule has 0 bridgehead atoms. The maximum atomic E-state index is 5.66. The second kappa shape index (κ2) is 4.14. The van der Waals surface area contributed by atoms with Crippen LogP contribution in [-0.4, -0.2) is 17.3 Å². The van der Waals surface area contributed by atoms with Gasteiger partial charge in [0.1, 0.15) is 5.75 Å². The normalized spacial score (nSPS) is 14.9. The Morgan fingerprint density at radius 1 is 1.35 bits per heavy atom. The molecule has 0 saturated heterocycles. The Morgan fingerprint density at radius 2 is 2.18 bits per heavy atom. The van der Waals surface area contributed by atoms with Gasteiger partial charge in [-0.3, -0.25) is 0 Å². The molecule has 0 N–H and O–H groups in total. The van der Waals surface area contributed by atoms with Crippen molar-refractivity contribution in [3.05, 3.63) is 28.6 Å². The summed E-state index contributed by atoms with van der Waals surface area (Å²) >= 11 is 3.40. The van der Waals surface area contributed by atoms with E-state index < -0.39 is 0 Å². The number of hydrogen-bond acceptors (Lipinski definition) is 4. The van der Waals surface area contributed by atoms with Gasteiger partial charge in [-0.15, -0.1) is 10.2 Å². The van der Waals surface area contributed by atoms with Gasteiger partial charge < -0.3 is 9.15 Å². The van der Waals surface area contributed by atoms with Crippen LogP contribution in [0.4, 0.5) is 0 Å². The Kier molecular flexibility index (Phi) is 2.63. The molecular weight excluding hydrogens is 284 g/mol. The van der Waals surface area contributed by atoms with E-state index in [9.17, 15) is 0 Å². The zero-order valence-corrected chi connectivity index (χ0v) is 10.9. The fraction of sp³-hybridized carbons (Fsp3) is 0.333. The van der Waals surface area contributed by atoms with Crippen LogP contribution >= 0.6 is 15.9 Å². The first-order valence-electron chi connectivity index (χ1n) is 5.45. The molecule has 1 saturated carbocycles. The second-order valence-corrected chi connectivity index (χ2v) is 4.98. The van der Waals surface area contributed by atoms with Gasteiger partial charge in [-0.2, -0.15) is 0 Å². The maximum Gasteiger partial charge on any atom is 0.251 e. The van der Waals surface area contributed by atoms with Crippen LogP contribution in [0.5, 0.6) is 5.75 Å². The third kappa shape index (κ3) is 2.07. The van der Waals surface area contributed by atoms with Crippen LogP contribution in [-0.2, 0) is 0 Å². The molecule has 0 atom stereocenters. The summed E-state index contributed by atoms with van der Waals surface area (Å²) in [6.07, 6.45) is 2.30. The Balaban J connectivity index is 2.01. The second-order valence-electron chi connectivity index (χ2n) is 4.06. The van der Waals surface area contributed by atoms with Crippen LogP contribution < -0.4 is 4.74 Å². The molecule has 3 rings (SSSR count). The minimum Gasteiger partial charge on any atom is -0.496 e. The lowest BCUT2D eigenvalue weighted by Gasteiger charge is -2.04. The summed E-state index contributed by atoms with van der Waals surface area (Å²) in [5, 5.41) is 8.14. The zero-order valence-electron chi connectivity index (χ0n) is 9.31. The van der Waals surface area contributed by atoms with E-state index in [4.69, 9.17) is 9.15 Å². The van der Waals surface area contributed by atoms with Crippen molar-refractivity contribution in [1.82, 2.24) is 10.2 Å². The number of methoxy groups -OCH3 is 1. The number of rotatable bonds is 3. The van der Waals surface area contributed by atoms with Crippen LogP contribution in [0.1, 0.15) is 24.7 Å². The average molecular weight is 295 g/mol. The number of aromatic nitrogens is 2.